The molecule has 0 radical (unpaired) electrons. The number of hydrogen-bond acceptors (Lipinski definition) is 4. The summed E-state index contributed by atoms with van der Waals surface area (Å²) < 4.78 is 0. The first-order valence-electron chi connectivity index (χ1n) is 3.75. The maximum Gasteiger partial charge on any atom is 0.230 e. The highest BCUT2D eigenvalue weighted by molar-refractivity contribution is 6.44. The summed E-state index contributed by atoms with van der Waals surface area (Å²) in [5, 5.41) is 8.21. The van der Waals surface area contributed by atoms with Gasteiger partial charge in [-0.2, -0.15) is 5.48 Å². The van der Waals surface area contributed by atoms with Gasteiger partial charge in [0.25, 0.3) is 0 Å². The number of carbonyl (C=O) groups is 2. The Morgan fingerprint density at radius 2 is 1.85 bits per heavy atom. The Morgan fingerprint density at radius 1 is 1.23 bits per heavy atom. The second-order valence-electron chi connectivity index (χ2n) is 2.45. The SMILES string of the molecule is O=C(CNO)C(=O)c1ccccc1. The van der Waals surface area contributed by atoms with Crippen molar-refractivity contribution >= 4 is 11.6 Å². The maximum absolute atomic E-state index is 11.2. The molecule has 0 heterocycles. The van der Waals surface area contributed by atoms with Gasteiger partial charge in [-0.15, -0.1) is 0 Å². The molecule has 0 saturated heterocycles. The minimum absolute atomic E-state index is 0.336. The summed E-state index contributed by atoms with van der Waals surface area (Å²) >= 11 is 0. The Morgan fingerprint density at radius 3 is 2.38 bits per heavy atom. The van der Waals surface area contributed by atoms with Crippen LogP contribution in [0.3, 0.4) is 0 Å². The molecule has 0 bridgehead atoms. The van der Waals surface area contributed by atoms with Gasteiger partial charge < -0.3 is 5.21 Å². The molecule has 0 atom stereocenters. The van der Waals surface area contributed by atoms with Crippen LogP contribution in [-0.4, -0.2) is 23.3 Å². The quantitative estimate of drug-likeness (QED) is 0.399. The molecule has 2 N–H and O–H groups in total. The molecular formula is C9H9NO3. The van der Waals surface area contributed by atoms with Crippen LogP contribution in [-0.2, 0) is 4.79 Å². The average Bonchev–Trinajstić information content (AvgIpc) is 2.18. The molecule has 0 amide bonds. The number of carbonyl (C=O) groups excluding carboxylic acids is 2. The van der Waals surface area contributed by atoms with E-state index >= 15 is 0 Å². The minimum Gasteiger partial charge on any atom is -0.316 e. The van der Waals surface area contributed by atoms with E-state index in [0.29, 0.717) is 5.56 Å². The van der Waals surface area contributed by atoms with Gasteiger partial charge in [0.15, 0.2) is 0 Å². The second-order valence-corrected chi connectivity index (χ2v) is 2.45. The third kappa shape index (κ3) is 2.47. The lowest BCUT2D eigenvalue weighted by atomic mass is 10.1. The Kier molecular flexibility index (Phi) is 3.31. The number of nitrogens with one attached hydrogen (secondary N) is 1. The lowest BCUT2D eigenvalue weighted by molar-refractivity contribution is -0.115. The highest BCUT2D eigenvalue weighted by Gasteiger charge is 2.14. The van der Waals surface area contributed by atoms with Gasteiger partial charge in [-0.1, -0.05) is 30.3 Å². The van der Waals surface area contributed by atoms with Crippen molar-refractivity contribution in [2.75, 3.05) is 6.54 Å². The molecule has 0 fully saturated rings. The highest BCUT2D eigenvalue weighted by Crippen LogP contribution is 1.99. The predicted molar refractivity (Wildman–Crippen MR) is 45.6 cm³/mol. The van der Waals surface area contributed by atoms with Crippen LogP contribution in [0.15, 0.2) is 30.3 Å². The van der Waals surface area contributed by atoms with Gasteiger partial charge in [-0.3, -0.25) is 9.59 Å². The summed E-state index contributed by atoms with van der Waals surface area (Å²) in [6, 6.07) is 8.21. The van der Waals surface area contributed by atoms with Crippen LogP contribution in [0.2, 0.25) is 0 Å². The molecule has 0 spiro atoms. The molecule has 0 aliphatic carbocycles. The maximum atomic E-state index is 11.2. The van der Waals surface area contributed by atoms with E-state index in [0.717, 1.165) is 0 Å². The average molecular weight is 179 g/mol. The number of hydroxylamine groups is 1. The van der Waals surface area contributed by atoms with Crippen molar-refractivity contribution < 1.29 is 14.8 Å². The Balaban J connectivity index is 2.74. The predicted octanol–water partition coefficient (Wildman–Crippen LogP) is 0.417. The second kappa shape index (κ2) is 4.49. The number of benzene rings is 1. The normalized spacial score (nSPS) is 9.62. The van der Waals surface area contributed by atoms with Crippen LogP contribution in [0.1, 0.15) is 10.4 Å². The summed E-state index contributed by atoms with van der Waals surface area (Å²) in [6.07, 6.45) is 0. The third-order valence-electron chi connectivity index (χ3n) is 1.53. The molecule has 68 valence electrons. The van der Waals surface area contributed by atoms with Gasteiger partial charge in [0.2, 0.25) is 11.6 Å². The lowest BCUT2D eigenvalue weighted by Crippen LogP contribution is -2.26. The summed E-state index contributed by atoms with van der Waals surface area (Å²) in [4.78, 5) is 22.2. The van der Waals surface area contributed by atoms with Crippen LogP contribution >= 0.6 is 0 Å². The van der Waals surface area contributed by atoms with Gasteiger partial charge in [0.05, 0.1) is 6.54 Å². The van der Waals surface area contributed by atoms with E-state index in [1.54, 1.807) is 35.8 Å². The molecule has 0 aliphatic heterocycles. The Labute approximate surface area is 75.1 Å². The topological polar surface area (TPSA) is 66.4 Å². The van der Waals surface area contributed by atoms with E-state index in [2.05, 4.69) is 0 Å². The zero-order chi connectivity index (χ0) is 9.68. The molecule has 1 aromatic carbocycles. The number of hydrogen-bond donors (Lipinski definition) is 2. The van der Waals surface area contributed by atoms with Gasteiger partial charge in [-0.05, 0) is 0 Å². The summed E-state index contributed by atoms with van der Waals surface area (Å²) in [5.41, 5.74) is 1.98. The smallest absolute Gasteiger partial charge is 0.230 e. The third-order valence-corrected chi connectivity index (χ3v) is 1.53. The van der Waals surface area contributed by atoms with Gasteiger partial charge >= 0.3 is 0 Å². The van der Waals surface area contributed by atoms with E-state index in [-0.39, 0.29) is 6.54 Å². The molecule has 0 saturated carbocycles. The van der Waals surface area contributed by atoms with Crippen LogP contribution in [0.5, 0.6) is 0 Å². The molecule has 13 heavy (non-hydrogen) atoms. The van der Waals surface area contributed by atoms with Crippen LogP contribution in [0.25, 0.3) is 0 Å². The monoisotopic (exact) mass is 179 g/mol. The molecule has 0 aliphatic rings. The molecule has 0 unspecified atom stereocenters. The van der Waals surface area contributed by atoms with Gasteiger partial charge in [0, 0.05) is 5.56 Å². The zero-order valence-electron chi connectivity index (χ0n) is 6.86. The Hall–Kier alpha value is -1.52. The van der Waals surface area contributed by atoms with Crippen molar-refractivity contribution in [3.8, 4) is 0 Å². The number of rotatable bonds is 4. The first-order chi connectivity index (χ1) is 6.25. The standard InChI is InChI=1S/C9H9NO3/c11-8(6-10-13)9(12)7-4-2-1-3-5-7/h1-5,10,13H,6H2. The van der Waals surface area contributed by atoms with E-state index < -0.39 is 11.6 Å². The first-order valence-corrected chi connectivity index (χ1v) is 3.75. The van der Waals surface area contributed by atoms with Crippen molar-refractivity contribution in [3.05, 3.63) is 35.9 Å². The molecule has 4 nitrogen and oxygen atoms in total. The van der Waals surface area contributed by atoms with E-state index in [1.165, 1.54) is 0 Å². The largest absolute Gasteiger partial charge is 0.316 e. The zero-order valence-corrected chi connectivity index (χ0v) is 6.86. The van der Waals surface area contributed by atoms with Crippen molar-refractivity contribution in [3.63, 3.8) is 0 Å². The van der Waals surface area contributed by atoms with E-state index in [4.69, 9.17) is 5.21 Å². The molecular weight excluding hydrogens is 170 g/mol. The first kappa shape index (κ1) is 9.57. The summed E-state index contributed by atoms with van der Waals surface area (Å²) in [5.74, 6) is -1.25. The van der Waals surface area contributed by atoms with Crippen molar-refractivity contribution in [2.24, 2.45) is 0 Å². The van der Waals surface area contributed by atoms with Crippen LogP contribution < -0.4 is 5.48 Å². The van der Waals surface area contributed by atoms with Gasteiger partial charge in [0.1, 0.15) is 0 Å². The van der Waals surface area contributed by atoms with Gasteiger partial charge in [-0.25, -0.2) is 0 Å². The Bertz CT molecular complexity index is 308. The van der Waals surface area contributed by atoms with Crippen LogP contribution in [0, 0.1) is 0 Å². The van der Waals surface area contributed by atoms with Crippen LogP contribution in [0.4, 0.5) is 0 Å². The fourth-order valence-corrected chi connectivity index (χ4v) is 0.903. The molecule has 1 rings (SSSR count). The summed E-state index contributed by atoms with van der Waals surface area (Å²) in [6.45, 7) is -0.353. The van der Waals surface area contributed by atoms with E-state index in [9.17, 15) is 9.59 Å². The van der Waals surface area contributed by atoms with Crippen molar-refractivity contribution in [2.45, 2.75) is 0 Å². The van der Waals surface area contributed by atoms with E-state index in [1.807, 2.05) is 0 Å². The minimum atomic E-state index is -0.659. The molecule has 4 heteroatoms. The number of ketones is 2. The lowest BCUT2D eigenvalue weighted by Gasteiger charge is -1.97. The summed E-state index contributed by atoms with van der Waals surface area (Å²) in [7, 11) is 0. The van der Waals surface area contributed by atoms with Crippen molar-refractivity contribution in [1.29, 1.82) is 0 Å². The number of Topliss-reactive ketones (excluding diaryl/α,β-unsaturated/α-hetero) is 2. The highest BCUT2D eigenvalue weighted by atomic mass is 16.5. The fraction of sp³-hybridized carbons (Fsp3) is 0.111. The molecule has 1 aromatic rings. The van der Waals surface area contributed by atoms with Crippen molar-refractivity contribution in [1.82, 2.24) is 5.48 Å². The fourth-order valence-electron chi connectivity index (χ4n) is 0.903. The molecule has 0 aromatic heterocycles.